The van der Waals surface area contributed by atoms with Gasteiger partial charge in [0.1, 0.15) is 0 Å². The van der Waals surface area contributed by atoms with Crippen molar-refractivity contribution in [2.45, 2.75) is 64.9 Å². The Labute approximate surface area is 188 Å². The Morgan fingerprint density at radius 3 is 2.74 bits per heavy atom. The molecule has 1 aliphatic carbocycles. The maximum Gasteiger partial charge on any atom is 0.268 e. The van der Waals surface area contributed by atoms with E-state index in [9.17, 15) is 4.79 Å². The van der Waals surface area contributed by atoms with Crippen LogP contribution in [0.5, 0.6) is 0 Å². The minimum absolute atomic E-state index is 0.0964. The van der Waals surface area contributed by atoms with Gasteiger partial charge in [0.15, 0.2) is 5.60 Å². The number of likely N-dealkylation sites (N-methyl/N-ethyl adjacent to an activating group) is 1. The van der Waals surface area contributed by atoms with Gasteiger partial charge in [-0.15, -0.1) is 0 Å². The number of hydrazine groups is 1. The molecule has 0 spiro atoms. The van der Waals surface area contributed by atoms with E-state index in [0.29, 0.717) is 12.5 Å². The van der Waals surface area contributed by atoms with E-state index in [-0.39, 0.29) is 11.8 Å². The second-order valence-corrected chi connectivity index (χ2v) is 8.58. The van der Waals surface area contributed by atoms with Gasteiger partial charge in [0, 0.05) is 32.4 Å². The number of hydrogen-bond donors (Lipinski definition) is 1. The predicted octanol–water partition coefficient (Wildman–Crippen LogP) is 5.19. The minimum atomic E-state index is -0.999. The fraction of sp³-hybridized carbons (Fsp3) is 0.538. The van der Waals surface area contributed by atoms with Gasteiger partial charge in [-0.25, -0.2) is 5.43 Å². The molecular formula is C26H39N3O2. The third kappa shape index (κ3) is 6.62. The summed E-state index contributed by atoms with van der Waals surface area (Å²) >= 11 is 0. The Hall–Kier alpha value is -2.24. The molecule has 0 saturated carbocycles. The van der Waals surface area contributed by atoms with Crippen molar-refractivity contribution >= 4 is 5.91 Å². The summed E-state index contributed by atoms with van der Waals surface area (Å²) in [6.45, 7) is 8.80. The number of ether oxygens (including phenoxy) is 1. The van der Waals surface area contributed by atoms with Crippen molar-refractivity contribution in [1.29, 1.82) is 0 Å². The van der Waals surface area contributed by atoms with Gasteiger partial charge in [0.2, 0.25) is 0 Å². The number of nitrogens with zero attached hydrogens (tertiary/aromatic N) is 2. The maximum absolute atomic E-state index is 13.2. The van der Waals surface area contributed by atoms with E-state index in [1.807, 2.05) is 32.2 Å². The van der Waals surface area contributed by atoms with Gasteiger partial charge in [0.05, 0.1) is 6.61 Å². The summed E-state index contributed by atoms with van der Waals surface area (Å²) in [5.74, 6) is 0.0552. The van der Waals surface area contributed by atoms with Gasteiger partial charge in [-0.05, 0) is 61.3 Å². The number of nitrogens with one attached hydrogen (secondary N) is 1. The molecule has 3 atom stereocenters. The normalized spacial score (nSPS) is 18.1. The standard InChI is InChI=1S/C26H39N3O2/c1-7-22(23-12-9-8-10-13-23)16-15-20(2)19-31-26(4,25(30)29(6)27-5)21(3)24-14-11-17-28-18-24/h9,11-14,16-18,20-21,27H,7-8,10,15,19H2,1-6H3. The highest BCUT2D eigenvalue weighted by molar-refractivity contribution is 5.85. The molecule has 5 heteroatoms. The van der Waals surface area contributed by atoms with Crippen molar-refractivity contribution in [3.63, 3.8) is 0 Å². The van der Waals surface area contributed by atoms with Crippen LogP contribution in [0, 0.1) is 5.92 Å². The van der Waals surface area contributed by atoms with Crippen LogP contribution in [0.25, 0.3) is 0 Å². The van der Waals surface area contributed by atoms with Crippen LogP contribution < -0.4 is 5.43 Å². The molecule has 3 unspecified atom stereocenters. The molecule has 1 heterocycles. The number of carbonyl (C=O) groups is 1. The topological polar surface area (TPSA) is 54.5 Å². The first-order chi connectivity index (χ1) is 14.8. The molecule has 1 aromatic rings. The first-order valence-corrected chi connectivity index (χ1v) is 11.4. The third-order valence-corrected chi connectivity index (χ3v) is 6.26. The molecule has 1 amide bonds. The predicted molar refractivity (Wildman–Crippen MR) is 127 cm³/mol. The zero-order chi connectivity index (χ0) is 22.9. The van der Waals surface area contributed by atoms with Crippen LogP contribution in [-0.2, 0) is 9.53 Å². The maximum atomic E-state index is 13.2. The Morgan fingerprint density at radius 1 is 1.39 bits per heavy atom. The van der Waals surface area contributed by atoms with Crippen molar-refractivity contribution in [1.82, 2.24) is 15.4 Å². The molecule has 1 aromatic heterocycles. The summed E-state index contributed by atoms with van der Waals surface area (Å²) in [5, 5.41) is 1.49. The second-order valence-electron chi connectivity index (χ2n) is 8.58. The average molecular weight is 426 g/mol. The lowest BCUT2D eigenvalue weighted by Gasteiger charge is -2.37. The van der Waals surface area contributed by atoms with E-state index in [1.165, 1.54) is 16.2 Å². The fourth-order valence-electron chi connectivity index (χ4n) is 3.80. The third-order valence-electron chi connectivity index (χ3n) is 6.26. The first-order valence-electron chi connectivity index (χ1n) is 11.4. The number of pyridine rings is 1. The van der Waals surface area contributed by atoms with Gasteiger partial charge in [-0.1, -0.05) is 51.1 Å². The van der Waals surface area contributed by atoms with Gasteiger partial charge >= 0.3 is 0 Å². The molecule has 0 bridgehead atoms. The number of amides is 1. The molecule has 1 N–H and O–H groups in total. The molecule has 1 aliphatic rings. The first kappa shape index (κ1) is 25.0. The summed E-state index contributed by atoms with van der Waals surface area (Å²) < 4.78 is 6.39. The van der Waals surface area contributed by atoms with E-state index in [2.05, 4.69) is 48.6 Å². The van der Waals surface area contributed by atoms with Crippen molar-refractivity contribution in [2.24, 2.45) is 5.92 Å². The average Bonchev–Trinajstić information content (AvgIpc) is 2.82. The Balaban J connectivity index is 2.11. The van der Waals surface area contributed by atoms with Crippen molar-refractivity contribution in [2.75, 3.05) is 20.7 Å². The van der Waals surface area contributed by atoms with E-state index < -0.39 is 5.60 Å². The monoisotopic (exact) mass is 425 g/mol. The highest BCUT2D eigenvalue weighted by atomic mass is 16.5. The van der Waals surface area contributed by atoms with Crippen LogP contribution in [0.15, 0.2) is 60.0 Å². The van der Waals surface area contributed by atoms with Gasteiger partial charge < -0.3 is 4.74 Å². The summed E-state index contributed by atoms with van der Waals surface area (Å²) in [7, 11) is 3.46. The van der Waals surface area contributed by atoms with E-state index >= 15 is 0 Å². The lowest BCUT2D eigenvalue weighted by atomic mass is 9.84. The molecule has 0 radical (unpaired) electrons. The Kier molecular flexibility index (Phi) is 9.66. The minimum Gasteiger partial charge on any atom is -0.364 e. The molecule has 170 valence electrons. The molecule has 0 aromatic carbocycles. The molecule has 31 heavy (non-hydrogen) atoms. The van der Waals surface area contributed by atoms with Crippen molar-refractivity contribution in [3.05, 3.63) is 65.5 Å². The lowest BCUT2D eigenvalue weighted by molar-refractivity contribution is -0.162. The van der Waals surface area contributed by atoms with Gasteiger partial charge in [0.25, 0.3) is 5.91 Å². The van der Waals surface area contributed by atoms with Crippen LogP contribution >= 0.6 is 0 Å². The zero-order valence-corrected chi connectivity index (χ0v) is 20.0. The van der Waals surface area contributed by atoms with Crippen LogP contribution in [0.4, 0.5) is 0 Å². The Morgan fingerprint density at radius 2 is 2.16 bits per heavy atom. The number of allylic oxidation sites excluding steroid dienone is 6. The molecular weight excluding hydrogens is 386 g/mol. The van der Waals surface area contributed by atoms with Gasteiger partial charge in [-0.3, -0.25) is 14.8 Å². The van der Waals surface area contributed by atoms with Crippen LogP contribution in [0.2, 0.25) is 0 Å². The van der Waals surface area contributed by atoms with Crippen LogP contribution in [0.3, 0.4) is 0 Å². The van der Waals surface area contributed by atoms with Crippen molar-refractivity contribution in [3.8, 4) is 0 Å². The van der Waals surface area contributed by atoms with Crippen LogP contribution in [0.1, 0.15) is 64.9 Å². The largest absolute Gasteiger partial charge is 0.364 e. The number of hydrogen-bond acceptors (Lipinski definition) is 4. The van der Waals surface area contributed by atoms with Crippen molar-refractivity contribution < 1.29 is 9.53 Å². The molecule has 0 fully saturated rings. The highest BCUT2D eigenvalue weighted by Gasteiger charge is 2.43. The summed E-state index contributed by atoms with van der Waals surface area (Å²) in [6.07, 6.45) is 16.9. The molecule has 0 saturated heterocycles. The molecule has 2 rings (SSSR count). The number of carbonyl (C=O) groups excluding carboxylic acids is 1. The Bertz CT molecular complexity index is 800. The SMILES string of the molecule is CCC(=CCC(C)COC(C)(C(=O)N(C)NC)C(C)c1cccnc1)C1=CCCC=C1. The van der Waals surface area contributed by atoms with Crippen LogP contribution in [-0.4, -0.2) is 42.2 Å². The summed E-state index contributed by atoms with van der Waals surface area (Å²) in [6, 6.07) is 3.89. The van der Waals surface area contributed by atoms with E-state index in [0.717, 1.165) is 31.2 Å². The van der Waals surface area contributed by atoms with Gasteiger partial charge in [-0.2, -0.15) is 0 Å². The number of rotatable bonds is 11. The zero-order valence-electron chi connectivity index (χ0n) is 20.0. The summed E-state index contributed by atoms with van der Waals surface area (Å²) in [5.41, 5.74) is 5.64. The molecule has 5 nitrogen and oxygen atoms in total. The lowest BCUT2D eigenvalue weighted by Crippen LogP contribution is -2.54. The second kappa shape index (κ2) is 12.0. The fourth-order valence-corrected chi connectivity index (χ4v) is 3.80. The highest BCUT2D eigenvalue weighted by Crippen LogP contribution is 2.33. The summed E-state index contributed by atoms with van der Waals surface area (Å²) in [4.78, 5) is 17.5. The molecule has 0 aliphatic heterocycles. The quantitative estimate of drug-likeness (QED) is 0.496. The smallest absolute Gasteiger partial charge is 0.268 e. The number of aromatic nitrogens is 1. The van der Waals surface area contributed by atoms with E-state index in [4.69, 9.17) is 4.74 Å². The van der Waals surface area contributed by atoms with E-state index in [1.54, 1.807) is 20.3 Å².